The molecule has 3 atom stereocenters. The van der Waals surface area contributed by atoms with Crippen LogP contribution in [0.1, 0.15) is 20.8 Å². The molecule has 1 aromatic carbocycles. The summed E-state index contributed by atoms with van der Waals surface area (Å²) in [4.78, 5) is 11.5. The zero-order chi connectivity index (χ0) is 16.0. The summed E-state index contributed by atoms with van der Waals surface area (Å²) in [6, 6.07) is 6.63. The number of anilines is 1. The fourth-order valence-corrected chi connectivity index (χ4v) is 3.18. The number of carbonyl (C=O) groups is 1. The molecule has 0 saturated heterocycles. The molecule has 0 aliphatic rings. The Kier molecular flexibility index (Phi) is 6.97. The number of hydrogen-bond acceptors (Lipinski definition) is 4. The molecule has 0 saturated carbocycles. The fourth-order valence-electron chi connectivity index (χ4n) is 1.81. The topological polar surface area (TPSA) is 89.9 Å². The molecule has 3 N–H and O–H groups in total. The molecule has 0 aliphatic carbocycles. The van der Waals surface area contributed by atoms with E-state index in [1.165, 1.54) is 11.2 Å². The van der Waals surface area contributed by atoms with Crippen LogP contribution in [0.2, 0.25) is 0 Å². The second-order valence-corrected chi connectivity index (χ2v) is 6.49. The molecule has 0 fully saturated rings. The van der Waals surface area contributed by atoms with Gasteiger partial charge < -0.3 is 15.5 Å². The molecular formula is C14H22N2O4S. The van der Waals surface area contributed by atoms with Crippen LogP contribution in [0.25, 0.3) is 0 Å². The van der Waals surface area contributed by atoms with Gasteiger partial charge in [-0.1, -0.05) is 0 Å². The molecule has 3 unspecified atom stereocenters. The molecule has 0 spiro atoms. The summed E-state index contributed by atoms with van der Waals surface area (Å²) in [5.41, 5.74) is 0.626. The number of nitrogens with zero attached hydrogens (tertiary/aromatic N) is 1. The third-order valence-corrected chi connectivity index (χ3v) is 3.99. The summed E-state index contributed by atoms with van der Waals surface area (Å²) in [5, 5.41) is 21.6. The first-order valence-electron chi connectivity index (χ1n) is 6.70. The number of benzene rings is 1. The van der Waals surface area contributed by atoms with E-state index in [0.29, 0.717) is 10.6 Å². The van der Waals surface area contributed by atoms with Crippen LogP contribution in [0.5, 0.6) is 0 Å². The van der Waals surface area contributed by atoms with Gasteiger partial charge in [-0.3, -0.25) is 4.79 Å². The summed E-state index contributed by atoms with van der Waals surface area (Å²) < 4.78 is 14.0. The van der Waals surface area contributed by atoms with Crippen molar-refractivity contribution in [2.24, 2.45) is 0 Å². The van der Waals surface area contributed by atoms with Crippen molar-refractivity contribution >= 4 is 22.6 Å². The van der Waals surface area contributed by atoms with Crippen molar-refractivity contribution in [3.63, 3.8) is 0 Å². The average molecular weight is 314 g/mol. The first-order chi connectivity index (χ1) is 9.79. The van der Waals surface area contributed by atoms with Gasteiger partial charge in [0.2, 0.25) is 5.91 Å². The Morgan fingerprint density at radius 1 is 1.19 bits per heavy atom. The van der Waals surface area contributed by atoms with Crippen molar-refractivity contribution in [2.75, 3.05) is 18.4 Å². The standard InChI is InChI=1S/C14H22N2O4S/c1-10(17)8-16(9-11(2)18)21(20)14-6-4-13(5-7-14)15-12(3)19/h4-7,10-11,17-18H,8-9H2,1-3H3,(H,15,19). The minimum absolute atomic E-state index is 0.172. The van der Waals surface area contributed by atoms with Gasteiger partial charge in [0.15, 0.2) is 0 Å². The van der Waals surface area contributed by atoms with Crippen LogP contribution in [-0.4, -0.2) is 49.9 Å². The lowest BCUT2D eigenvalue weighted by Crippen LogP contribution is -2.37. The number of amides is 1. The highest BCUT2D eigenvalue weighted by molar-refractivity contribution is 7.82. The monoisotopic (exact) mass is 314 g/mol. The molecule has 7 heteroatoms. The number of aliphatic hydroxyl groups excluding tert-OH is 2. The number of hydrogen-bond donors (Lipinski definition) is 3. The van der Waals surface area contributed by atoms with Gasteiger partial charge in [0, 0.05) is 25.7 Å². The molecule has 0 radical (unpaired) electrons. The summed E-state index contributed by atoms with van der Waals surface area (Å²) >= 11 is 0. The van der Waals surface area contributed by atoms with E-state index in [0.717, 1.165) is 0 Å². The van der Waals surface area contributed by atoms with Gasteiger partial charge in [-0.2, -0.15) is 0 Å². The largest absolute Gasteiger partial charge is 0.392 e. The van der Waals surface area contributed by atoms with Crippen LogP contribution in [-0.2, 0) is 15.8 Å². The van der Waals surface area contributed by atoms with Crippen molar-refractivity contribution in [1.82, 2.24) is 4.31 Å². The molecule has 0 aromatic heterocycles. The molecule has 6 nitrogen and oxygen atoms in total. The lowest BCUT2D eigenvalue weighted by Gasteiger charge is -2.23. The van der Waals surface area contributed by atoms with E-state index in [4.69, 9.17) is 0 Å². The average Bonchev–Trinajstić information content (AvgIpc) is 2.36. The van der Waals surface area contributed by atoms with Gasteiger partial charge in [-0.25, -0.2) is 8.51 Å². The summed E-state index contributed by atoms with van der Waals surface area (Å²) in [7, 11) is -1.48. The number of nitrogens with one attached hydrogen (secondary N) is 1. The minimum Gasteiger partial charge on any atom is -0.392 e. The first-order valence-corrected chi connectivity index (χ1v) is 7.81. The highest BCUT2D eigenvalue weighted by Crippen LogP contribution is 2.16. The van der Waals surface area contributed by atoms with E-state index in [2.05, 4.69) is 5.32 Å². The second-order valence-electron chi connectivity index (χ2n) is 5.00. The SMILES string of the molecule is CC(=O)Nc1ccc(S(=O)N(CC(C)O)CC(C)O)cc1. The van der Waals surface area contributed by atoms with Crippen LogP contribution < -0.4 is 5.32 Å². The van der Waals surface area contributed by atoms with E-state index >= 15 is 0 Å². The Balaban J connectivity index is 2.84. The highest BCUT2D eigenvalue weighted by atomic mass is 32.2. The molecule has 1 rings (SSSR count). The van der Waals surface area contributed by atoms with Crippen molar-refractivity contribution in [3.05, 3.63) is 24.3 Å². The lowest BCUT2D eigenvalue weighted by molar-refractivity contribution is -0.114. The Labute approximate surface area is 127 Å². The van der Waals surface area contributed by atoms with Gasteiger partial charge in [-0.05, 0) is 38.1 Å². The lowest BCUT2D eigenvalue weighted by atomic mass is 10.3. The number of rotatable bonds is 7. The first kappa shape index (κ1) is 17.8. The van der Waals surface area contributed by atoms with Crippen LogP contribution in [0.4, 0.5) is 5.69 Å². The second kappa shape index (κ2) is 8.23. The molecule has 0 heterocycles. The van der Waals surface area contributed by atoms with Crippen LogP contribution in [0, 0.1) is 0 Å². The van der Waals surface area contributed by atoms with E-state index in [-0.39, 0.29) is 19.0 Å². The van der Waals surface area contributed by atoms with Gasteiger partial charge >= 0.3 is 0 Å². The number of aliphatic hydroxyl groups is 2. The molecule has 1 amide bonds. The minimum atomic E-state index is -1.48. The van der Waals surface area contributed by atoms with Gasteiger partial charge in [0.25, 0.3) is 0 Å². The van der Waals surface area contributed by atoms with Crippen molar-refractivity contribution in [1.29, 1.82) is 0 Å². The van der Waals surface area contributed by atoms with E-state index in [1.807, 2.05) is 0 Å². The maximum absolute atomic E-state index is 12.5. The predicted molar refractivity (Wildman–Crippen MR) is 82.1 cm³/mol. The van der Waals surface area contributed by atoms with Crippen molar-refractivity contribution in [3.8, 4) is 0 Å². The smallest absolute Gasteiger partial charge is 0.221 e. The Hall–Kier alpha value is -1.28. The van der Waals surface area contributed by atoms with E-state index in [1.54, 1.807) is 38.1 Å². The Morgan fingerprint density at radius 2 is 1.67 bits per heavy atom. The quantitative estimate of drug-likeness (QED) is 0.692. The van der Waals surface area contributed by atoms with E-state index in [9.17, 15) is 19.2 Å². The molecular weight excluding hydrogens is 292 g/mol. The Morgan fingerprint density at radius 3 is 2.05 bits per heavy atom. The van der Waals surface area contributed by atoms with Gasteiger partial charge in [0.1, 0.15) is 11.0 Å². The third-order valence-electron chi connectivity index (χ3n) is 2.55. The number of carbonyl (C=O) groups excluding carboxylic acids is 1. The summed E-state index contributed by atoms with van der Waals surface area (Å²) in [6.07, 6.45) is -1.29. The van der Waals surface area contributed by atoms with Crippen LogP contribution >= 0.6 is 0 Å². The highest BCUT2D eigenvalue weighted by Gasteiger charge is 2.19. The van der Waals surface area contributed by atoms with Gasteiger partial charge in [0.05, 0.1) is 17.1 Å². The zero-order valence-corrected chi connectivity index (χ0v) is 13.3. The maximum Gasteiger partial charge on any atom is 0.221 e. The normalized spacial score (nSPS) is 15.5. The van der Waals surface area contributed by atoms with Crippen LogP contribution in [0.15, 0.2) is 29.2 Å². The Bertz CT molecular complexity index is 478. The van der Waals surface area contributed by atoms with Crippen LogP contribution in [0.3, 0.4) is 0 Å². The third kappa shape index (κ3) is 6.34. The molecule has 118 valence electrons. The van der Waals surface area contributed by atoms with Crippen molar-refractivity contribution in [2.45, 2.75) is 37.9 Å². The van der Waals surface area contributed by atoms with E-state index < -0.39 is 23.2 Å². The summed E-state index contributed by atoms with van der Waals surface area (Å²) in [5.74, 6) is -0.172. The van der Waals surface area contributed by atoms with Crippen molar-refractivity contribution < 1.29 is 19.2 Å². The fraction of sp³-hybridized carbons (Fsp3) is 0.500. The van der Waals surface area contributed by atoms with Gasteiger partial charge in [-0.15, -0.1) is 0 Å². The molecule has 0 aliphatic heterocycles. The predicted octanol–water partition coefficient (Wildman–Crippen LogP) is 0.731. The molecule has 1 aromatic rings. The molecule has 0 bridgehead atoms. The maximum atomic E-state index is 12.5. The molecule has 21 heavy (non-hydrogen) atoms. The summed E-state index contributed by atoms with van der Waals surface area (Å²) in [6.45, 7) is 5.02. The zero-order valence-electron chi connectivity index (χ0n) is 12.4.